The minimum atomic E-state index is -0.495. The van der Waals surface area contributed by atoms with E-state index in [4.69, 9.17) is 0 Å². The molecule has 7 heteroatoms. The monoisotopic (exact) mass is 291 g/mol. The number of fused-ring (bicyclic) bond motifs is 1. The molecule has 0 radical (unpaired) electrons. The summed E-state index contributed by atoms with van der Waals surface area (Å²) in [7, 11) is 0. The number of thiazole rings is 1. The van der Waals surface area contributed by atoms with Crippen molar-refractivity contribution in [2.75, 3.05) is 0 Å². The molecule has 0 aliphatic rings. The number of hydrogen-bond donors (Lipinski definition) is 0. The lowest BCUT2D eigenvalue weighted by Crippen LogP contribution is -2.32. The molecule has 0 saturated carbocycles. The van der Waals surface area contributed by atoms with Crippen LogP contribution in [0.5, 0.6) is 0 Å². The smallest absolute Gasteiger partial charge is 0.246 e. The third-order valence-corrected chi connectivity index (χ3v) is 3.61. The summed E-state index contributed by atoms with van der Waals surface area (Å²) in [5.41, 5.74) is 0.704. The molecular weight excluding hydrogens is 278 g/mol. The number of aromatic nitrogens is 1. The fourth-order valence-corrected chi connectivity index (χ4v) is 2.84. The van der Waals surface area contributed by atoms with Gasteiger partial charge in [-0.25, -0.2) is 0 Å². The molecule has 0 aliphatic carbocycles. The molecule has 0 fully saturated rings. The number of imide groups is 1. The highest BCUT2D eigenvalue weighted by Gasteiger charge is 2.15. The minimum Gasteiger partial charge on any atom is -0.274 e. The standard InChI is InChI=1S/C13H13N3O3S/c1-8(17)15-11-6-4-5-7-12(11)20-13(15)14-16(9(2)18)10(3)19/h4-7H,1-3H3/b14-13+. The predicted octanol–water partition coefficient (Wildman–Crippen LogP) is 1.57. The van der Waals surface area contributed by atoms with Crippen LogP contribution < -0.4 is 4.80 Å². The first-order valence-electron chi connectivity index (χ1n) is 5.89. The highest BCUT2D eigenvalue weighted by atomic mass is 32.1. The quantitative estimate of drug-likeness (QED) is 0.749. The Kier molecular flexibility index (Phi) is 3.80. The van der Waals surface area contributed by atoms with E-state index in [0.717, 1.165) is 9.71 Å². The Morgan fingerprint density at radius 1 is 1.10 bits per heavy atom. The van der Waals surface area contributed by atoms with Gasteiger partial charge in [-0.15, -0.1) is 5.10 Å². The topological polar surface area (TPSA) is 71.7 Å². The zero-order valence-electron chi connectivity index (χ0n) is 11.3. The molecule has 0 saturated heterocycles. The minimum absolute atomic E-state index is 0.228. The van der Waals surface area contributed by atoms with Crippen LogP contribution in [0, 0.1) is 0 Å². The van der Waals surface area contributed by atoms with Crippen molar-refractivity contribution in [1.82, 2.24) is 9.58 Å². The van der Waals surface area contributed by atoms with Gasteiger partial charge >= 0.3 is 0 Å². The third kappa shape index (κ3) is 2.53. The van der Waals surface area contributed by atoms with Gasteiger partial charge in [-0.3, -0.25) is 19.0 Å². The highest BCUT2D eigenvalue weighted by molar-refractivity contribution is 7.16. The van der Waals surface area contributed by atoms with E-state index in [9.17, 15) is 14.4 Å². The number of carbonyl (C=O) groups excluding carboxylic acids is 3. The molecule has 0 spiro atoms. The van der Waals surface area contributed by atoms with Crippen molar-refractivity contribution in [3.63, 3.8) is 0 Å². The number of nitrogens with zero attached hydrogens (tertiary/aromatic N) is 3. The predicted molar refractivity (Wildman–Crippen MR) is 74.9 cm³/mol. The second kappa shape index (κ2) is 5.38. The van der Waals surface area contributed by atoms with E-state index in [2.05, 4.69) is 5.10 Å². The number of benzene rings is 1. The summed E-state index contributed by atoms with van der Waals surface area (Å²) in [6.07, 6.45) is 0. The van der Waals surface area contributed by atoms with Gasteiger partial charge in [0.25, 0.3) is 0 Å². The van der Waals surface area contributed by atoms with Gasteiger partial charge in [0.15, 0.2) is 0 Å². The summed E-state index contributed by atoms with van der Waals surface area (Å²) < 4.78 is 2.24. The lowest BCUT2D eigenvalue weighted by Gasteiger charge is -2.09. The number of para-hydroxylation sites is 1. The average molecular weight is 291 g/mol. The number of carbonyl (C=O) groups is 3. The summed E-state index contributed by atoms with van der Waals surface area (Å²) in [6, 6.07) is 7.30. The van der Waals surface area contributed by atoms with Crippen molar-refractivity contribution in [3.05, 3.63) is 29.1 Å². The first-order chi connectivity index (χ1) is 9.41. The summed E-state index contributed by atoms with van der Waals surface area (Å²) >= 11 is 1.24. The molecule has 2 amide bonds. The summed E-state index contributed by atoms with van der Waals surface area (Å²) in [5.74, 6) is -1.22. The fraction of sp³-hybridized carbons (Fsp3) is 0.231. The summed E-state index contributed by atoms with van der Waals surface area (Å²) in [6.45, 7) is 3.90. The first kappa shape index (κ1) is 14.1. The van der Waals surface area contributed by atoms with Crippen molar-refractivity contribution in [2.45, 2.75) is 20.8 Å². The van der Waals surface area contributed by atoms with Crippen LogP contribution in [-0.2, 0) is 9.59 Å². The SMILES string of the molecule is CC(=O)N(/N=c1/sc2ccccc2n1C(C)=O)C(C)=O. The van der Waals surface area contributed by atoms with Crippen LogP contribution in [0.15, 0.2) is 29.4 Å². The van der Waals surface area contributed by atoms with Crippen molar-refractivity contribution in [3.8, 4) is 0 Å². The van der Waals surface area contributed by atoms with Crippen molar-refractivity contribution in [1.29, 1.82) is 0 Å². The van der Waals surface area contributed by atoms with E-state index in [1.165, 1.54) is 36.7 Å². The molecule has 0 aliphatic heterocycles. The van der Waals surface area contributed by atoms with Crippen LogP contribution in [-0.4, -0.2) is 27.3 Å². The molecule has 6 nitrogen and oxygen atoms in total. The van der Waals surface area contributed by atoms with Gasteiger partial charge in [-0.2, -0.15) is 5.01 Å². The van der Waals surface area contributed by atoms with Crippen LogP contribution in [0.2, 0.25) is 0 Å². The van der Waals surface area contributed by atoms with Gasteiger partial charge in [0.1, 0.15) is 0 Å². The maximum atomic E-state index is 11.8. The molecule has 2 aromatic rings. The summed E-state index contributed by atoms with van der Waals surface area (Å²) in [4.78, 5) is 34.9. The number of rotatable bonds is 1. The van der Waals surface area contributed by atoms with Gasteiger partial charge in [-0.05, 0) is 12.1 Å². The van der Waals surface area contributed by atoms with Crippen molar-refractivity contribution < 1.29 is 14.4 Å². The molecular formula is C13H13N3O3S. The van der Waals surface area contributed by atoms with Crippen molar-refractivity contribution >= 4 is 39.3 Å². The van der Waals surface area contributed by atoms with Gasteiger partial charge in [-0.1, -0.05) is 23.5 Å². The maximum Gasteiger partial charge on any atom is 0.246 e. The van der Waals surface area contributed by atoms with Gasteiger partial charge in [0.05, 0.1) is 10.2 Å². The zero-order chi connectivity index (χ0) is 14.9. The van der Waals surface area contributed by atoms with Crippen LogP contribution in [0.4, 0.5) is 0 Å². The Morgan fingerprint density at radius 2 is 1.70 bits per heavy atom. The number of amides is 2. The van der Waals surface area contributed by atoms with E-state index in [1.807, 2.05) is 18.2 Å². The van der Waals surface area contributed by atoms with Crippen LogP contribution in [0.3, 0.4) is 0 Å². The molecule has 1 heterocycles. The summed E-state index contributed by atoms with van der Waals surface area (Å²) in [5, 5.41) is 4.77. The number of hydrogen-bond acceptors (Lipinski definition) is 5. The first-order valence-corrected chi connectivity index (χ1v) is 6.71. The second-order valence-corrected chi connectivity index (χ2v) is 5.17. The molecule has 0 N–H and O–H groups in total. The van der Waals surface area contributed by atoms with Crippen molar-refractivity contribution in [2.24, 2.45) is 5.10 Å². The Balaban J connectivity index is 2.76. The van der Waals surface area contributed by atoms with E-state index >= 15 is 0 Å². The molecule has 1 aromatic heterocycles. The molecule has 20 heavy (non-hydrogen) atoms. The normalized spacial score (nSPS) is 11.7. The Labute approximate surface area is 118 Å². The van der Waals surface area contributed by atoms with Crippen LogP contribution in [0.1, 0.15) is 25.6 Å². The highest BCUT2D eigenvalue weighted by Crippen LogP contribution is 2.16. The molecule has 104 valence electrons. The molecule has 0 bridgehead atoms. The largest absolute Gasteiger partial charge is 0.274 e. The van der Waals surface area contributed by atoms with E-state index < -0.39 is 11.8 Å². The van der Waals surface area contributed by atoms with Crippen LogP contribution >= 0.6 is 11.3 Å². The molecule has 0 atom stereocenters. The van der Waals surface area contributed by atoms with Gasteiger partial charge < -0.3 is 0 Å². The average Bonchev–Trinajstić information content (AvgIpc) is 2.73. The van der Waals surface area contributed by atoms with E-state index in [0.29, 0.717) is 10.3 Å². The second-order valence-electron chi connectivity index (χ2n) is 4.16. The lowest BCUT2D eigenvalue weighted by molar-refractivity contribution is -0.142. The lowest BCUT2D eigenvalue weighted by atomic mass is 10.3. The molecule has 0 unspecified atom stereocenters. The Morgan fingerprint density at radius 3 is 2.25 bits per heavy atom. The maximum absolute atomic E-state index is 11.8. The Bertz CT molecular complexity index is 759. The van der Waals surface area contributed by atoms with E-state index in [-0.39, 0.29) is 5.91 Å². The van der Waals surface area contributed by atoms with Gasteiger partial charge in [0.2, 0.25) is 22.5 Å². The molecule has 2 rings (SSSR count). The Hall–Kier alpha value is -2.28. The zero-order valence-corrected chi connectivity index (χ0v) is 12.1. The van der Waals surface area contributed by atoms with E-state index in [1.54, 1.807) is 6.07 Å². The van der Waals surface area contributed by atoms with Gasteiger partial charge in [0, 0.05) is 20.8 Å². The van der Waals surface area contributed by atoms with Crippen LogP contribution in [0.25, 0.3) is 10.2 Å². The molecule has 1 aromatic carbocycles. The fourth-order valence-electron chi connectivity index (χ4n) is 1.79. The third-order valence-electron chi connectivity index (χ3n) is 2.60.